The molecule has 4 rings (SSSR count). The van der Waals surface area contributed by atoms with Gasteiger partial charge in [-0.25, -0.2) is 14.6 Å². The van der Waals surface area contributed by atoms with E-state index in [0.29, 0.717) is 12.4 Å². The predicted molar refractivity (Wildman–Crippen MR) is 97.2 cm³/mol. The highest BCUT2D eigenvalue weighted by Crippen LogP contribution is 2.19. The summed E-state index contributed by atoms with van der Waals surface area (Å²) in [6, 6.07) is 15.9. The molecule has 26 heavy (non-hydrogen) atoms. The van der Waals surface area contributed by atoms with Crippen LogP contribution in [0, 0.1) is 0 Å². The second kappa shape index (κ2) is 7.43. The molecule has 0 aliphatic carbocycles. The standard InChI is InChI=1S/C19H16N6O/c1-7-18(26-19-12-20-9-10-22-19)8-2-15(1)11-23-16-3-5-17(6-4-16)25-14-21-13-24-25/h1-10,12-14,23H,11H2. The van der Waals surface area contributed by atoms with Gasteiger partial charge < -0.3 is 10.1 Å². The summed E-state index contributed by atoms with van der Waals surface area (Å²) in [5, 5.41) is 7.51. The SMILES string of the molecule is c1cnc(Oc2ccc(CNc3ccc(-n4cncn4)cc3)cc2)cn1. The molecule has 128 valence electrons. The molecule has 0 aliphatic heterocycles. The molecule has 2 heterocycles. The number of nitrogens with zero attached hydrogens (tertiary/aromatic N) is 5. The molecule has 4 aromatic rings. The van der Waals surface area contributed by atoms with Crippen LogP contribution in [-0.2, 0) is 6.54 Å². The highest BCUT2D eigenvalue weighted by molar-refractivity contribution is 5.48. The summed E-state index contributed by atoms with van der Waals surface area (Å²) in [6.45, 7) is 0.716. The third-order valence-electron chi connectivity index (χ3n) is 3.73. The molecule has 0 bridgehead atoms. The van der Waals surface area contributed by atoms with Crippen molar-refractivity contribution in [2.24, 2.45) is 0 Å². The molecular formula is C19H16N6O. The number of aromatic nitrogens is 5. The summed E-state index contributed by atoms with van der Waals surface area (Å²) in [5.41, 5.74) is 3.16. The zero-order chi connectivity index (χ0) is 17.6. The van der Waals surface area contributed by atoms with Crippen LogP contribution in [0.15, 0.2) is 79.8 Å². The van der Waals surface area contributed by atoms with E-state index in [9.17, 15) is 0 Å². The van der Waals surface area contributed by atoms with E-state index in [1.165, 1.54) is 6.33 Å². The van der Waals surface area contributed by atoms with Crippen molar-refractivity contribution in [3.63, 3.8) is 0 Å². The fourth-order valence-electron chi connectivity index (χ4n) is 2.41. The molecule has 2 aromatic heterocycles. The van der Waals surface area contributed by atoms with Gasteiger partial charge in [0.15, 0.2) is 0 Å². The van der Waals surface area contributed by atoms with E-state index in [0.717, 1.165) is 22.7 Å². The Kier molecular flexibility index (Phi) is 4.51. The number of rotatable bonds is 6. The minimum Gasteiger partial charge on any atom is -0.438 e. The van der Waals surface area contributed by atoms with E-state index >= 15 is 0 Å². The summed E-state index contributed by atoms with van der Waals surface area (Å²) in [5.74, 6) is 1.21. The Bertz CT molecular complexity index is 938. The molecule has 0 radical (unpaired) electrons. The lowest BCUT2D eigenvalue weighted by molar-refractivity contribution is 0.460. The van der Waals surface area contributed by atoms with Crippen molar-refractivity contribution in [1.29, 1.82) is 0 Å². The smallest absolute Gasteiger partial charge is 0.237 e. The van der Waals surface area contributed by atoms with Crippen LogP contribution in [0.2, 0.25) is 0 Å². The largest absolute Gasteiger partial charge is 0.438 e. The molecule has 0 saturated carbocycles. The lowest BCUT2D eigenvalue weighted by Crippen LogP contribution is -2.00. The minimum atomic E-state index is 0.478. The van der Waals surface area contributed by atoms with E-state index in [2.05, 4.69) is 25.4 Å². The summed E-state index contributed by atoms with van der Waals surface area (Å²) in [7, 11) is 0. The molecule has 1 N–H and O–H groups in total. The summed E-state index contributed by atoms with van der Waals surface area (Å²) in [6.07, 6.45) is 7.98. The van der Waals surface area contributed by atoms with E-state index < -0.39 is 0 Å². The van der Waals surface area contributed by atoms with Gasteiger partial charge in [-0.2, -0.15) is 5.10 Å². The van der Waals surface area contributed by atoms with Crippen LogP contribution in [0.5, 0.6) is 11.6 Å². The molecule has 0 unspecified atom stereocenters. The van der Waals surface area contributed by atoms with Gasteiger partial charge in [-0.3, -0.25) is 4.98 Å². The summed E-state index contributed by atoms with van der Waals surface area (Å²) < 4.78 is 7.36. The topological polar surface area (TPSA) is 77.8 Å². The first-order valence-corrected chi connectivity index (χ1v) is 8.08. The third-order valence-corrected chi connectivity index (χ3v) is 3.73. The van der Waals surface area contributed by atoms with Crippen LogP contribution >= 0.6 is 0 Å². The Balaban J connectivity index is 1.34. The molecule has 2 aromatic carbocycles. The van der Waals surface area contributed by atoms with Crippen molar-refractivity contribution in [3.8, 4) is 17.3 Å². The fourth-order valence-corrected chi connectivity index (χ4v) is 2.41. The summed E-state index contributed by atoms with van der Waals surface area (Å²) >= 11 is 0. The van der Waals surface area contributed by atoms with Gasteiger partial charge in [0.25, 0.3) is 0 Å². The Labute approximate surface area is 150 Å². The van der Waals surface area contributed by atoms with Gasteiger partial charge in [0.2, 0.25) is 5.88 Å². The lowest BCUT2D eigenvalue weighted by Gasteiger charge is -2.09. The Morgan fingerprint density at radius 3 is 2.46 bits per heavy atom. The molecule has 0 amide bonds. The minimum absolute atomic E-state index is 0.478. The van der Waals surface area contributed by atoms with Crippen LogP contribution in [0.3, 0.4) is 0 Å². The van der Waals surface area contributed by atoms with Crippen LogP contribution in [0.25, 0.3) is 5.69 Å². The van der Waals surface area contributed by atoms with Gasteiger partial charge in [0, 0.05) is 24.6 Å². The highest BCUT2D eigenvalue weighted by Gasteiger charge is 2.00. The van der Waals surface area contributed by atoms with Crippen molar-refractivity contribution in [3.05, 3.63) is 85.3 Å². The van der Waals surface area contributed by atoms with Gasteiger partial charge in [-0.15, -0.1) is 0 Å². The van der Waals surface area contributed by atoms with Gasteiger partial charge >= 0.3 is 0 Å². The number of ether oxygens (including phenoxy) is 1. The van der Waals surface area contributed by atoms with Crippen molar-refractivity contribution in [2.75, 3.05) is 5.32 Å². The van der Waals surface area contributed by atoms with E-state index in [4.69, 9.17) is 4.74 Å². The van der Waals surface area contributed by atoms with Gasteiger partial charge in [0.05, 0.1) is 11.9 Å². The second-order valence-electron chi connectivity index (χ2n) is 5.53. The number of benzene rings is 2. The van der Waals surface area contributed by atoms with Gasteiger partial charge in [0.1, 0.15) is 18.4 Å². The summed E-state index contributed by atoms with van der Waals surface area (Å²) in [4.78, 5) is 12.0. The van der Waals surface area contributed by atoms with E-state index in [1.807, 2.05) is 48.5 Å². The number of nitrogens with one attached hydrogen (secondary N) is 1. The lowest BCUT2D eigenvalue weighted by atomic mass is 10.2. The van der Waals surface area contributed by atoms with Crippen LogP contribution in [0.1, 0.15) is 5.56 Å². The maximum atomic E-state index is 5.64. The quantitative estimate of drug-likeness (QED) is 0.577. The van der Waals surface area contributed by atoms with Crippen LogP contribution in [0.4, 0.5) is 5.69 Å². The fraction of sp³-hybridized carbons (Fsp3) is 0.0526. The van der Waals surface area contributed by atoms with Crippen molar-refractivity contribution in [2.45, 2.75) is 6.54 Å². The highest BCUT2D eigenvalue weighted by atomic mass is 16.5. The Hall–Kier alpha value is -3.74. The molecular weight excluding hydrogens is 328 g/mol. The first-order chi connectivity index (χ1) is 12.9. The van der Waals surface area contributed by atoms with E-state index in [-0.39, 0.29) is 0 Å². The molecule has 0 spiro atoms. The maximum absolute atomic E-state index is 5.64. The molecule has 0 atom stereocenters. The predicted octanol–water partition coefficient (Wildman–Crippen LogP) is 3.46. The monoisotopic (exact) mass is 344 g/mol. The zero-order valence-electron chi connectivity index (χ0n) is 13.9. The van der Waals surface area contributed by atoms with Gasteiger partial charge in [-0.1, -0.05) is 12.1 Å². The molecule has 0 fully saturated rings. The third kappa shape index (κ3) is 3.84. The average molecular weight is 344 g/mol. The first-order valence-electron chi connectivity index (χ1n) is 8.08. The molecule has 7 heteroatoms. The van der Waals surface area contributed by atoms with Gasteiger partial charge in [-0.05, 0) is 42.0 Å². The Morgan fingerprint density at radius 1 is 0.923 bits per heavy atom. The average Bonchev–Trinajstić information content (AvgIpc) is 3.24. The number of hydrogen-bond donors (Lipinski definition) is 1. The number of hydrogen-bond acceptors (Lipinski definition) is 6. The molecule has 0 saturated heterocycles. The zero-order valence-corrected chi connectivity index (χ0v) is 13.9. The second-order valence-corrected chi connectivity index (χ2v) is 5.53. The van der Waals surface area contributed by atoms with Crippen molar-refractivity contribution < 1.29 is 4.74 Å². The van der Waals surface area contributed by atoms with E-state index in [1.54, 1.807) is 29.6 Å². The van der Waals surface area contributed by atoms with Crippen LogP contribution < -0.4 is 10.1 Å². The maximum Gasteiger partial charge on any atom is 0.237 e. The van der Waals surface area contributed by atoms with Crippen LogP contribution in [-0.4, -0.2) is 24.7 Å². The first kappa shape index (κ1) is 15.8. The molecule has 7 nitrogen and oxygen atoms in total. The number of anilines is 1. The molecule has 0 aliphatic rings. The Morgan fingerprint density at radius 2 is 1.77 bits per heavy atom. The van der Waals surface area contributed by atoms with Crippen molar-refractivity contribution in [1.82, 2.24) is 24.7 Å². The van der Waals surface area contributed by atoms with Crippen molar-refractivity contribution >= 4 is 5.69 Å². The normalized spacial score (nSPS) is 10.5.